The summed E-state index contributed by atoms with van der Waals surface area (Å²) in [5.74, 6) is 1.34. The van der Waals surface area contributed by atoms with Gasteiger partial charge in [-0.3, -0.25) is 4.98 Å². The highest BCUT2D eigenvalue weighted by atomic mass is 35.5. The lowest BCUT2D eigenvalue weighted by molar-refractivity contribution is -0.133. The molecular formula is C31H31Cl2N3O2. The van der Waals surface area contributed by atoms with Gasteiger partial charge >= 0.3 is 0 Å². The van der Waals surface area contributed by atoms with Crippen LogP contribution in [-0.4, -0.2) is 20.3 Å². The molecule has 1 aromatic carbocycles. The van der Waals surface area contributed by atoms with E-state index in [4.69, 9.17) is 32.5 Å². The van der Waals surface area contributed by atoms with Gasteiger partial charge in [0.2, 0.25) is 0 Å². The Morgan fingerprint density at radius 2 is 1.79 bits per heavy atom. The molecule has 4 aromatic rings. The average Bonchev–Trinajstić information content (AvgIpc) is 3.59. The van der Waals surface area contributed by atoms with Crippen molar-refractivity contribution in [3.63, 3.8) is 0 Å². The number of ether oxygens (including phenoxy) is 1. The SMILES string of the molecule is Cn1ccc2c(/C=C/C34CCC(OCc5c(-c6c(Cl)cncc6Cl)noc5C5CC5)(CC3)CC4)cccc21. The van der Waals surface area contributed by atoms with E-state index in [1.165, 1.54) is 16.5 Å². The molecule has 4 saturated carbocycles. The van der Waals surface area contributed by atoms with Crippen LogP contribution in [0.25, 0.3) is 28.2 Å². The summed E-state index contributed by atoms with van der Waals surface area (Å²) >= 11 is 13.0. The second kappa shape index (κ2) is 9.25. The molecule has 0 radical (unpaired) electrons. The van der Waals surface area contributed by atoms with Crippen LogP contribution in [0.4, 0.5) is 0 Å². The highest BCUT2D eigenvalue weighted by Crippen LogP contribution is 2.55. The van der Waals surface area contributed by atoms with Gasteiger partial charge in [0.1, 0.15) is 11.5 Å². The number of nitrogens with zero attached hydrogens (tertiary/aromatic N) is 3. The first-order chi connectivity index (χ1) is 18.5. The summed E-state index contributed by atoms with van der Waals surface area (Å²) in [5, 5.41) is 6.69. The van der Waals surface area contributed by atoms with E-state index in [0.717, 1.165) is 62.7 Å². The molecule has 5 nitrogen and oxygen atoms in total. The van der Waals surface area contributed by atoms with Crippen LogP contribution < -0.4 is 0 Å². The fourth-order valence-electron chi connectivity index (χ4n) is 6.57. The van der Waals surface area contributed by atoms with Crippen molar-refractivity contribution in [2.75, 3.05) is 0 Å². The molecule has 0 atom stereocenters. The van der Waals surface area contributed by atoms with Gasteiger partial charge in [0.15, 0.2) is 0 Å². The zero-order chi connectivity index (χ0) is 25.9. The van der Waals surface area contributed by atoms with Gasteiger partial charge in [-0.1, -0.05) is 52.6 Å². The number of pyridine rings is 1. The predicted molar refractivity (Wildman–Crippen MR) is 151 cm³/mol. The standard InChI is InChI=1S/C31H31Cl2N3O2/c1-36-16-8-22-20(3-2-4-26(22)36)7-9-30-10-13-31(14-11-30,15-12-30)37-19-23-28(35-38-29(23)21-5-6-21)27-24(32)17-34-18-25(27)33/h2-4,7-9,16-18,21H,5-6,10-15,19H2,1H3/b9-7+. The minimum atomic E-state index is -0.0871. The van der Waals surface area contributed by atoms with Crippen LogP contribution in [0.2, 0.25) is 10.0 Å². The van der Waals surface area contributed by atoms with E-state index in [-0.39, 0.29) is 11.0 Å². The smallest absolute Gasteiger partial charge is 0.145 e. The van der Waals surface area contributed by atoms with Crippen molar-refractivity contribution in [2.24, 2.45) is 12.5 Å². The Labute approximate surface area is 232 Å². The van der Waals surface area contributed by atoms with Gasteiger partial charge in [-0.05, 0) is 74.5 Å². The molecule has 196 valence electrons. The van der Waals surface area contributed by atoms with Gasteiger partial charge in [0, 0.05) is 53.6 Å². The Morgan fingerprint density at radius 1 is 1.05 bits per heavy atom. The number of allylic oxidation sites excluding steroid dienone is 1. The van der Waals surface area contributed by atoms with Crippen molar-refractivity contribution in [1.29, 1.82) is 0 Å². The third kappa shape index (κ3) is 4.20. The molecule has 4 aliphatic rings. The molecule has 2 bridgehead atoms. The molecule has 0 amide bonds. The number of benzene rings is 1. The highest BCUT2D eigenvalue weighted by molar-refractivity contribution is 6.38. The fourth-order valence-corrected chi connectivity index (χ4v) is 7.12. The van der Waals surface area contributed by atoms with Gasteiger partial charge in [0.05, 0.1) is 22.3 Å². The summed E-state index contributed by atoms with van der Waals surface area (Å²) in [5.41, 5.74) is 5.13. The Kier molecular flexibility index (Phi) is 5.95. The molecule has 0 saturated heterocycles. The quantitative estimate of drug-likeness (QED) is 0.232. The first kappa shape index (κ1) is 24.4. The summed E-state index contributed by atoms with van der Waals surface area (Å²) in [6.07, 6.45) is 19.1. The summed E-state index contributed by atoms with van der Waals surface area (Å²) in [4.78, 5) is 4.10. The molecule has 0 aliphatic heterocycles. The lowest BCUT2D eigenvalue weighted by Gasteiger charge is -2.52. The molecule has 4 fully saturated rings. The van der Waals surface area contributed by atoms with Crippen molar-refractivity contribution < 1.29 is 9.26 Å². The van der Waals surface area contributed by atoms with Gasteiger partial charge in [-0.15, -0.1) is 0 Å². The summed E-state index contributed by atoms with van der Waals surface area (Å²) in [6, 6.07) is 8.78. The van der Waals surface area contributed by atoms with Crippen LogP contribution in [0.15, 0.2) is 53.5 Å². The molecule has 0 N–H and O–H groups in total. The van der Waals surface area contributed by atoms with Crippen LogP contribution in [0, 0.1) is 5.41 Å². The monoisotopic (exact) mass is 547 g/mol. The second-order valence-corrected chi connectivity index (χ2v) is 12.3. The van der Waals surface area contributed by atoms with E-state index in [2.05, 4.69) is 64.4 Å². The molecular weight excluding hydrogens is 517 g/mol. The van der Waals surface area contributed by atoms with Crippen molar-refractivity contribution in [3.05, 3.63) is 75.9 Å². The van der Waals surface area contributed by atoms with Crippen molar-refractivity contribution in [1.82, 2.24) is 14.7 Å². The molecule has 7 heteroatoms. The first-order valence-corrected chi connectivity index (χ1v) is 14.4. The van der Waals surface area contributed by atoms with E-state index in [0.29, 0.717) is 33.8 Å². The maximum absolute atomic E-state index is 6.80. The Bertz CT molecular complexity index is 1500. The van der Waals surface area contributed by atoms with Crippen LogP contribution in [-0.2, 0) is 18.4 Å². The molecule has 38 heavy (non-hydrogen) atoms. The summed E-state index contributed by atoms with van der Waals surface area (Å²) in [7, 11) is 2.10. The van der Waals surface area contributed by atoms with E-state index < -0.39 is 0 Å². The van der Waals surface area contributed by atoms with E-state index in [9.17, 15) is 0 Å². The average molecular weight is 549 g/mol. The lowest BCUT2D eigenvalue weighted by atomic mass is 9.58. The fraction of sp³-hybridized carbons (Fsp3) is 0.419. The second-order valence-electron chi connectivity index (χ2n) is 11.5. The number of hydrogen-bond acceptors (Lipinski definition) is 4. The van der Waals surface area contributed by atoms with Gasteiger partial charge in [-0.2, -0.15) is 0 Å². The van der Waals surface area contributed by atoms with Crippen LogP contribution in [0.3, 0.4) is 0 Å². The lowest BCUT2D eigenvalue weighted by Crippen LogP contribution is -2.46. The number of hydrogen-bond donors (Lipinski definition) is 0. The van der Waals surface area contributed by atoms with E-state index >= 15 is 0 Å². The normalized spacial score (nSPS) is 25.1. The first-order valence-electron chi connectivity index (χ1n) is 13.6. The predicted octanol–water partition coefficient (Wildman–Crippen LogP) is 8.74. The third-order valence-electron chi connectivity index (χ3n) is 9.19. The Hall–Kier alpha value is -2.60. The topological polar surface area (TPSA) is 53.1 Å². The van der Waals surface area contributed by atoms with Crippen molar-refractivity contribution in [3.8, 4) is 11.3 Å². The zero-order valence-corrected chi connectivity index (χ0v) is 23.1. The van der Waals surface area contributed by atoms with Gasteiger partial charge in [-0.25, -0.2) is 0 Å². The van der Waals surface area contributed by atoms with Crippen LogP contribution in [0.5, 0.6) is 0 Å². The minimum Gasteiger partial charge on any atom is -0.370 e. The number of halogens is 2. The molecule has 0 unspecified atom stereocenters. The number of aromatic nitrogens is 3. The Balaban J connectivity index is 1.09. The summed E-state index contributed by atoms with van der Waals surface area (Å²) < 4.78 is 14.8. The maximum atomic E-state index is 6.80. The number of fused-ring (bicyclic) bond motifs is 4. The molecule has 3 aromatic heterocycles. The van der Waals surface area contributed by atoms with E-state index in [1.807, 2.05) is 0 Å². The highest BCUT2D eigenvalue weighted by Gasteiger charge is 2.48. The minimum absolute atomic E-state index is 0.0871. The van der Waals surface area contributed by atoms with Crippen LogP contribution in [0.1, 0.15) is 74.2 Å². The largest absolute Gasteiger partial charge is 0.370 e. The van der Waals surface area contributed by atoms with Gasteiger partial charge < -0.3 is 13.8 Å². The number of rotatable bonds is 7. The number of aryl methyl sites for hydroxylation is 1. The molecule has 0 spiro atoms. The summed E-state index contributed by atoms with van der Waals surface area (Å²) in [6.45, 7) is 0.471. The molecule has 8 rings (SSSR count). The third-order valence-corrected chi connectivity index (χ3v) is 9.77. The Morgan fingerprint density at radius 3 is 2.50 bits per heavy atom. The zero-order valence-electron chi connectivity index (χ0n) is 21.6. The van der Waals surface area contributed by atoms with Crippen molar-refractivity contribution >= 4 is 40.2 Å². The van der Waals surface area contributed by atoms with Crippen molar-refractivity contribution in [2.45, 2.75) is 69.5 Å². The van der Waals surface area contributed by atoms with E-state index in [1.54, 1.807) is 12.4 Å². The van der Waals surface area contributed by atoms with Crippen LogP contribution >= 0.6 is 23.2 Å². The maximum Gasteiger partial charge on any atom is 0.145 e. The molecule has 4 aliphatic carbocycles. The molecule has 3 heterocycles. The van der Waals surface area contributed by atoms with Gasteiger partial charge in [0.25, 0.3) is 0 Å².